The Morgan fingerprint density at radius 3 is 2.13 bits per heavy atom. The van der Waals surface area contributed by atoms with E-state index in [0.29, 0.717) is 5.41 Å². The molecule has 2 rings (SSSR count). The summed E-state index contributed by atoms with van der Waals surface area (Å²) in [6.07, 6.45) is 12.1. The third-order valence-corrected chi connectivity index (χ3v) is 4.74. The van der Waals surface area contributed by atoms with E-state index in [2.05, 4.69) is 20.8 Å². The third-order valence-electron chi connectivity index (χ3n) is 4.74. The minimum atomic E-state index is 0.625. The highest BCUT2D eigenvalue weighted by Crippen LogP contribution is 2.47. The zero-order valence-corrected chi connectivity index (χ0v) is 10.9. The van der Waals surface area contributed by atoms with Gasteiger partial charge < -0.3 is 0 Å². The van der Waals surface area contributed by atoms with Crippen molar-refractivity contribution in [1.82, 2.24) is 0 Å². The van der Waals surface area contributed by atoms with Crippen LogP contribution in [0.15, 0.2) is 0 Å². The first kappa shape index (κ1) is 11.5. The highest BCUT2D eigenvalue weighted by Gasteiger charge is 2.35. The van der Waals surface area contributed by atoms with Crippen LogP contribution in [-0.2, 0) is 0 Å². The molecule has 2 aliphatic rings. The van der Waals surface area contributed by atoms with Gasteiger partial charge in [0.25, 0.3) is 0 Å². The van der Waals surface area contributed by atoms with Gasteiger partial charge in [-0.1, -0.05) is 52.9 Å². The summed E-state index contributed by atoms with van der Waals surface area (Å²) in [7, 11) is 0. The van der Waals surface area contributed by atoms with Crippen LogP contribution in [0.4, 0.5) is 0 Å². The zero-order chi connectivity index (χ0) is 10.9. The zero-order valence-electron chi connectivity index (χ0n) is 10.9. The summed E-state index contributed by atoms with van der Waals surface area (Å²) < 4.78 is 0. The summed E-state index contributed by atoms with van der Waals surface area (Å²) in [5.74, 6) is 3.12. The minimum Gasteiger partial charge on any atom is -0.0625 e. The molecule has 0 bridgehead atoms. The quantitative estimate of drug-likeness (QED) is 0.567. The van der Waals surface area contributed by atoms with Crippen LogP contribution in [0.25, 0.3) is 0 Å². The number of rotatable bonds is 1. The van der Waals surface area contributed by atoms with Crippen molar-refractivity contribution >= 4 is 0 Å². The van der Waals surface area contributed by atoms with Gasteiger partial charge in [0.05, 0.1) is 0 Å². The van der Waals surface area contributed by atoms with Crippen molar-refractivity contribution in [3.63, 3.8) is 0 Å². The average molecular weight is 208 g/mol. The topological polar surface area (TPSA) is 0 Å². The van der Waals surface area contributed by atoms with Gasteiger partial charge in [-0.15, -0.1) is 0 Å². The van der Waals surface area contributed by atoms with Gasteiger partial charge in [-0.2, -0.15) is 0 Å². The van der Waals surface area contributed by atoms with Gasteiger partial charge in [-0.05, 0) is 42.4 Å². The highest BCUT2D eigenvalue weighted by atomic mass is 14.4. The predicted octanol–water partition coefficient (Wildman–Crippen LogP) is 5.03. The van der Waals surface area contributed by atoms with Crippen LogP contribution in [0, 0.1) is 23.2 Å². The van der Waals surface area contributed by atoms with E-state index in [1.54, 1.807) is 0 Å². The lowest BCUT2D eigenvalue weighted by atomic mass is 9.62. The summed E-state index contributed by atoms with van der Waals surface area (Å²) in [5, 5.41) is 0. The van der Waals surface area contributed by atoms with Gasteiger partial charge in [-0.3, -0.25) is 0 Å². The molecule has 2 unspecified atom stereocenters. The Hall–Kier alpha value is 0. The van der Waals surface area contributed by atoms with E-state index in [4.69, 9.17) is 0 Å². The maximum Gasteiger partial charge on any atom is -0.0349 e. The SMILES string of the molecule is CC1CC(C2CCCCC2)CC(C)(C)C1. The molecule has 0 spiro atoms. The molecule has 2 atom stereocenters. The van der Waals surface area contributed by atoms with Crippen molar-refractivity contribution < 1.29 is 0 Å². The maximum absolute atomic E-state index is 2.48. The fourth-order valence-electron chi connectivity index (χ4n) is 4.38. The van der Waals surface area contributed by atoms with Crippen LogP contribution < -0.4 is 0 Å². The molecule has 0 saturated heterocycles. The predicted molar refractivity (Wildman–Crippen MR) is 66.9 cm³/mol. The van der Waals surface area contributed by atoms with Crippen molar-refractivity contribution in [2.24, 2.45) is 23.2 Å². The van der Waals surface area contributed by atoms with E-state index in [0.717, 1.165) is 17.8 Å². The average Bonchev–Trinajstić information content (AvgIpc) is 2.16. The Balaban J connectivity index is 1.95. The molecule has 2 saturated carbocycles. The fourth-order valence-corrected chi connectivity index (χ4v) is 4.38. The molecule has 0 heteroatoms. The number of hydrogen-bond donors (Lipinski definition) is 0. The van der Waals surface area contributed by atoms with Gasteiger partial charge in [0, 0.05) is 0 Å². The summed E-state index contributed by atoms with van der Waals surface area (Å²) in [4.78, 5) is 0. The summed E-state index contributed by atoms with van der Waals surface area (Å²) in [6.45, 7) is 7.44. The van der Waals surface area contributed by atoms with Crippen LogP contribution in [0.1, 0.15) is 72.1 Å². The lowest BCUT2D eigenvalue weighted by Crippen LogP contribution is -2.32. The van der Waals surface area contributed by atoms with Crippen LogP contribution in [0.5, 0.6) is 0 Å². The first-order chi connectivity index (χ1) is 7.07. The Bertz CT molecular complexity index is 198. The van der Waals surface area contributed by atoms with Crippen LogP contribution >= 0.6 is 0 Å². The van der Waals surface area contributed by atoms with E-state index in [1.807, 2.05) is 0 Å². The molecule has 0 N–H and O–H groups in total. The van der Waals surface area contributed by atoms with Gasteiger partial charge in [0.1, 0.15) is 0 Å². The molecule has 2 fully saturated rings. The van der Waals surface area contributed by atoms with E-state index in [1.165, 1.54) is 51.4 Å². The second-order valence-electron chi connectivity index (χ2n) is 7.07. The molecule has 0 heterocycles. The molecule has 0 amide bonds. The van der Waals surface area contributed by atoms with Gasteiger partial charge in [-0.25, -0.2) is 0 Å². The smallest absolute Gasteiger partial charge is 0.0349 e. The molecule has 0 aromatic heterocycles. The van der Waals surface area contributed by atoms with Crippen molar-refractivity contribution in [1.29, 1.82) is 0 Å². The monoisotopic (exact) mass is 208 g/mol. The summed E-state index contributed by atoms with van der Waals surface area (Å²) >= 11 is 0. The van der Waals surface area contributed by atoms with Crippen LogP contribution in [-0.4, -0.2) is 0 Å². The first-order valence-electron chi connectivity index (χ1n) is 7.07. The van der Waals surface area contributed by atoms with E-state index >= 15 is 0 Å². The standard InChI is InChI=1S/C15H28/c1-12-9-14(11-15(2,3)10-12)13-7-5-4-6-8-13/h12-14H,4-11H2,1-3H3. The molecule has 15 heavy (non-hydrogen) atoms. The second kappa shape index (κ2) is 4.47. The molecule has 0 nitrogen and oxygen atoms in total. The maximum atomic E-state index is 2.48. The normalized spacial score (nSPS) is 37.8. The Morgan fingerprint density at radius 1 is 0.867 bits per heavy atom. The van der Waals surface area contributed by atoms with E-state index < -0.39 is 0 Å². The molecular formula is C15H28. The van der Waals surface area contributed by atoms with Gasteiger partial charge in [0.15, 0.2) is 0 Å². The van der Waals surface area contributed by atoms with Crippen LogP contribution in [0.3, 0.4) is 0 Å². The van der Waals surface area contributed by atoms with Crippen molar-refractivity contribution in [3.05, 3.63) is 0 Å². The van der Waals surface area contributed by atoms with Crippen molar-refractivity contribution in [2.45, 2.75) is 72.1 Å². The van der Waals surface area contributed by atoms with E-state index in [-0.39, 0.29) is 0 Å². The Morgan fingerprint density at radius 2 is 1.53 bits per heavy atom. The third kappa shape index (κ3) is 2.98. The largest absolute Gasteiger partial charge is 0.0625 e. The number of hydrogen-bond acceptors (Lipinski definition) is 0. The Labute approximate surface area is 95.8 Å². The van der Waals surface area contributed by atoms with Crippen LogP contribution in [0.2, 0.25) is 0 Å². The molecular weight excluding hydrogens is 180 g/mol. The summed E-state index contributed by atoms with van der Waals surface area (Å²) in [5.41, 5.74) is 0.625. The van der Waals surface area contributed by atoms with Crippen molar-refractivity contribution in [3.8, 4) is 0 Å². The molecule has 0 aliphatic heterocycles. The minimum absolute atomic E-state index is 0.625. The van der Waals surface area contributed by atoms with Gasteiger partial charge >= 0.3 is 0 Å². The molecule has 0 aromatic carbocycles. The van der Waals surface area contributed by atoms with Gasteiger partial charge in [0.2, 0.25) is 0 Å². The molecule has 2 aliphatic carbocycles. The molecule has 0 radical (unpaired) electrons. The molecule has 0 aromatic rings. The lowest BCUT2D eigenvalue weighted by molar-refractivity contribution is 0.0793. The lowest BCUT2D eigenvalue weighted by Gasteiger charge is -2.43. The molecule has 88 valence electrons. The Kier molecular flexibility index (Phi) is 3.42. The first-order valence-corrected chi connectivity index (χ1v) is 7.07. The summed E-state index contributed by atoms with van der Waals surface area (Å²) in [6, 6.07) is 0. The van der Waals surface area contributed by atoms with E-state index in [9.17, 15) is 0 Å². The second-order valence-corrected chi connectivity index (χ2v) is 7.07. The van der Waals surface area contributed by atoms with Crippen molar-refractivity contribution in [2.75, 3.05) is 0 Å². The fraction of sp³-hybridized carbons (Fsp3) is 1.00. The highest BCUT2D eigenvalue weighted by molar-refractivity contribution is 4.86.